The van der Waals surface area contributed by atoms with E-state index in [0.29, 0.717) is 16.9 Å². The topological polar surface area (TPSA) is 55.8 Å². The number of ether oxygens (including phenoxy) is 2. The number of hydrogen-bond donors (Lipinski definition) is 1. The van der Waals surface area contributed by atoms with Crippen molar-refractivity contribution in [3.8, 4) is 11.5 Å². The Bertz CT molecular complexity index is 371. The largest absolute Gasteiger partial charge is 0.507 e. The molecule has 15 heavy (non-hydrogen) atoms. The van der Waals surface area contributed by atoms with Gasteiger partial charge in [0, 0.05) is 12.7 Å². The first-order valence-electron chi connectivity index (χ1n) is 4.53. The van der Waals surface area contributed by atoms with Gasteiger partial charge in [-0.1, -0.05) is 0 Å². The van der Waals surface area contributed by atoms with E-state index in [-0.39, 0.29) is 18.3 Å². The maximum Gasteiger partial charge on any atom is 0.188 e. The van der Waals surface area contributed by atoms with Crippen LogP contribution in [-0.4, -0.2) is 24.8 Å². The highest BCUT2D eigenvalue weighted by Crippen LogP contribution is 2.30. The molecule has 0 bridgehead atoms. The standard InChI is InChI=1S/C11H14O4/c1-7-10(15-6-14-3)5-4-9(8(2)12)11(7)13/h4-5,13H,6H2,1-3H3. The normalized spacial score (nSPS) is 10.1. The first kappa shape index (κ1) is 11.5. The van der Waals surface area contributed by atoms with E-state index in [1.807, 2.05) is 0 Å². The van der Waals surface area contributed by atoms with Crippen molar-refractivity contribution in [3.63, 3.8) is 0 Å². The third kappa shape index (κ3) is 2.47. The number of aromatic hydroxyl groups is 1. The number of Topliss-reactive ketones (excluding diaryl/α,β-unsaturated/α-hetero) is 1. The number of carbonyl (C=O) groups excluding carboxylic acids is 1. The Morgan fingerprint density at radius 3 is 2.67 bits per heavy atom. The molecule has 0 unspecified atom stereocenters. The Hall–Kier alpha value is -1.55. The summed E-state index contributed by atoms with van der Waals surface area (Å²) in [6, 6.07) is 3.18. The van der Waals surface area contributed by atoms with Crippen LogP contribution in [0.5, 0.6) is 11.5 Å². The van der Waals surface area contributed by atoms with Crippen LogP contribution in [0.1, 0.15) is 22.8 Å². The van der Waals surface area contributed by atoms with Crippen molar-refractivity contribution in [3.05, 3.63) is 23.3 Å². The molecular weight excluding hydrogens is 196 g/mol. The van der Waals surface area contributed by atoms with Crippen molar-refractivity contribution in [2.75, 3.05) is 13.9 Å². The molecule has 0 aliphatic rings. The van der Waals surface area contributed by atoms with E-state index < -0.39 is 0 Å². The molecule has 1 aromatic rings. The number of phenolic OH excluding ortho intramolecular Hbond substituents is 1. The van der Waals surface area contributed by atoms with E-state index in [2.05, 4.69) is 0 Å². The fourth-order valence-corrected chi connectivity index (χ4v) is 1.24. The minimum absolute atomic E-state index is 0.0314. The van der Waals surface area contributed by atoms with Gasteiger partial charge in [-0.25, -0.2) is 0 Å². The van der Waals surface area contributed by atoms with Crippen molar-refractivity contribution in [1.82, 2.24) is 0 Å². The summed E-state index contributed by atoms with van der Waals surface area (Å²) in [6.45, 7) is 3.21. The van der Waals surface area contributed by atoms with Crippen molar-refractivity contribution in [1.29, 1.82) is 0 Å². The van der Waals surface area contributed by atoms with E-state index in [0.717, 1.165) is 0 Å². The Labute approximate surface area is 88.4 Å². The van der Waals surface area contributed by atoms with Gasteiger partial charge in [-0.15, -0.1) is 0 Å². The lowest BCUT2D eigenvalue weighted by Crippen LogP contribution is -2.02. The molecule has 4 heteroatoms. The van der Waals surface area contributed by atoms with E-state index in [1.165, 1.54) is 20.1 Å². The lowest BCUT2D eigenvalue weighted by atomic mass is 10.1. The summed E-state index contributed by atoms with van der Waals surface area (Å²) in [5, 5.41) is 9.71. The molecule has 0 fully saturated rings. The number of benzene rings is 1. The van der Waals surface area contributed by atoms with Crippen LogP contribution in [0.15, 0.2) is 12.1 Å². The first-order valence-corrected chi connectivity index (χ1v) is 4.53. The van der Waals surface area contributed by atoms with Crippen LogP contribution in [0.25, 0.3) is 0 Å². The predicted octanol–water partition coefficient (Wildman–Crippen LogP) is 1.89. The fraction of sp³-hybridized carbons (Fsp3) is 0.364. The van der Waals surface area contributed by atoms with E-state index in [1.54, 1.807) is 13.0 Å². The van der Waals surface area contributed by atoms with Crippen molar-refractivity contribution in [2.24, 2.45) is 0 Å². The third-order valence-electron chi connectivity index (χ3n) is 2.09. The van der Waals surface area contributed by atoms with Crippen LogP contribution in [0.2, 0.25) is 0 Å². The Balaban J connectivity index is 3.04. The number of phenols is 1. The van der Waals surface area contributed by atoms with E-state index in [4.69, 9.17) is 9.47 Å². The van der Waals surface area contributed by atoms with Gasteiger partial charge in [-0.05, 0) is 26.0 Å². The molecule has 0 saturated heterocycles. The summed E-state index contributed by atoms with van der Waals surface area (Å²) in [6.07, 6.45) is 0. The van der Waals surface area contributed by atoms with Gasteiger partial charge < -0.3 is 14.6 Å². The second kappa shape index (κ2) is 4.79. The van der Waals surface area contributed by atoms with Crippen LogP contribution in [0.4, 0.5) is 0 Å². The zero-order valence-electron chi connectivity index (χ0n) is 9.03. The highest BCUT2D eigenvalue weighted by molar-refractivity contribution is 5.97. The molecule has 0 spiro atoms. The second-order valence-corrected chi connectivity index (χ2v) is 3.19. The fourth-order valence-electron chi connectivity index (χ4n) is 1.24. The first-order chi connectivity index (χ1) is 7.07. The minimum atomic E-state index is -0.172. The highest BCUT2D eigenvalue weighted by Gasteiger charge is 2.12. The summed E-state index contributed by atoms with van der Waals surface area (Å²) in [7, 11) is 1.51. The molecule has 4 nitrogen and oxygen atoms in total. The number of rotatable bonds is 4. The summed E-state index contributed by atoms with van der Waals surface area (Å²) in [5.74, 6) is 0.310. The van der Waals surface area contributed by atoms with Crippen LogP contribution in [0.3, 0.4) is 0 Å². The summed E-state index contributed by atoms with van der Waals surface area (Å²) in [4.78, 5) is 11.1. The summed E-state index contributed by atoms with van der Waals surface area (Å²) < 4.78 is 9.96. The molecule has 1 rings (SSSR count). The molecule has 0 aliphatic carbocycles. The van der Waals surface area contributed by atoms with Crippen molar-refractivity contribution < 1.29 is 19.4 Å². The van der Waals surface area contributed by atoms with Gasteiger partial charge in [0.05, 0.1) is 5.56 Å². The SMILES string of the molecule is COCOc1ccc(C(C)=O)c(O)c1C. The Morgan fingerprint density at radius 2 is 2.13 bits per heavy atom. The number of methoxy groups -OCH3 is 1. The quantitative estimate of drug-likeness (QED) is 0.609. The molecule has 0 radical (unpaired) electrons. The van der Waals surface area contributed by atoms with Gasteiger partial charge in [0.15, 0.2) is 12.6 Å². The van der Waals surface area contributed by atoms with Crippen LogP contribution in [0, 0.1) is 6.92 Å². The Kier molecular flexibility index (Phi) is 3.68. The van der Waals surface area contributed by atoms with Gasteiger partial charge in [0.25, 0.3) is 0 Å². The van der Waals surface area contributed by atoms with Crippen LogP contribution >= 0.6 is 0 Å². The lowest BCUT2D eigenvalue weighted by Gasteiger charge is -2.11. The second-order valence-electron chi connectivity index (χ2n) is 3.19. The summed E-state index contributed by atoms with van der Waals surface area (Å²) >= 11 is 0. The molecule has 1 N–H and O–H groups in total. The van der Waals surface area contributed by atoms with E-state index in [9.17, 15) is 9.90 Å². The molecule has 82 valence electrons. The molecule has 0 aliphatic heterocycles. The van der Waals surface area contributed by atoms with Crippen LogP contribution < -0.4 is 4.74 Å². The molecule has 0 atom stereocenters. The molecule has 0 aromatic heterocycles. The van der Waals surface area contributed by atoms with Crippen molar-refractivity contribution in [2.45, 2.75) is 13.8 Å². The van der Waals surface area contributed by atoms with Crippen molar-refractivity contribution >= 4 is 5.78 Å². The van der Waals surface area contributed by atoms with Gasteiger partial charge in [0.2, 0.25) is 0 Å². The zero-order valence-corrected chi connectivity index (χ0v) is 9.03. The Morgan fingerprint density at radius 1 is 1.47 bits per heavy atom. The smallest absolute Gasteiger partial charge is 0.188 e. The number of hydrogen-bond acceptors (Lipinski definition) is 4. The van der Waals surface area contributed by atoms with Gasteiger partial charge in [-0.2, -0.15) is 0 Å². The molecule has 1 aromatic carbocycles. The molecule has 0 saturated carbocycles. The van der Waals surface area contributed by atoms with E-state index >= 15 is 0 Å². The average molecular weight is 210 g/mol. The summed E-state index contributed by atoms with van der Waals surface area (Å²) in [5.41, 5.74) is 0.844. The van der Waals surface area contributed by atoms with Gasteiger partial charge in [-0.3, -0.25) is 4.79 Å². The minimum Gasteiger partial charge on any atom is -0.507 e. The lowest BCUT2D eigenvalue weighted by molar-refractivity contribution is 0.0504. The predicted molar refractivity (Wildman–Crippen MR) is 55.4 cm³/mol. The number of ketones is 1. The monoisotopic (exact) mass is 210 g/mol. The number of carbonyl (C=O) groups is 1. The highest BCUT2D eigenvalue weighted by atomic mass is 16.7. The molecule has 0 amide bonds. The molecule has 0 heterocycles. The maximum absolute atomic E-state index is 11.1. The van der Waals surface area contributed by atoms with Gasteiger partial charge >= 0.3 is 0 Å². The third-order valence-corrected chi connectivity index (χ3v) is 2.09. The van der Waals surface area contributed by atoms with Crippen LogP contribution in [-0.2, 0) is 4.74 Å². The average Bonchev–Trinajstić information content (AvgIpc) is 2.20. The van der Waals surface area contributed by atoms with Gasteiger partial charge in [0.1, 0.15) is 11.5 Å². The maximum atomic E-state index is 11.1. The molecular formula is C11H14O4. The zero-order chi connectivity index (χ0) is 11.4.